The van der Waals surface area contributed by atoms with E-state index in [1.54, 1.807) is 13.1 Å². The minimum Gasteiger partial charge on any atom is -0.453 e. The summed E-state index contributed by atoms with van der Waals surface area (Å²) in [4.78, 5) is 26.8. The summed E-state index contributed by atoms with van der Waals surface area (Å²) in [5, 5.41) is 8.21. The molecule has 110 valence electrons. The van der Waals surface area contributed by atoms with Crippen LogP contribution in [0.25, 0.3) is 0 Å². The summed E-state index contributed by atoms with van der Waals surface area (Å²) in [7, 11) is 1.25. The van der Waals surface area contributed by atoms with Crippen molar-refractivity contribution < 1.29 is 14.3 Å². The van der Waals surface area contributed by atoms with Gasteiger partial charge in [-0.2, -0.15) is 0 Å². The molecule has 3 N–H and O–H groups in total. The number of ether oxygens (including phenoxy) is 1. The predicted molar refractivity (Wildman–Crippen MR) is 75.5 cm³/mol. The van der Waals surface area contributed by atoms with Crippen molar-refractivity contribution in [2.75, 3.05) is 25.5 Å². The van der Waals surface area contributed by atoms with E-state index in [-0.39, 0.29) is 5.91 Å². The number of hydrogen-bond acceptors (Lipinski definition) is 5. The van der Waals surface area contributed by atoms with Crippen LogP contribution in [-0.2, 0) is 9.53 Å². The van der Waals surface area contributed by atoms with Gasteiger partial charge in [0, 0.05) is 19.3 Å². The van der Waals surface area contributed by atoms with Gasteiger partial charge < -0.3 is 20.7 Å². The quantitative estimate of drug-likeness (QED) is 0.666. The Hall–Kier alpha value is -2.31. The average Bonchev–Trinajstić information content (AvgIpc) is 2.44. The lowest BCUT2D eigenvalue weighted by atomic mass is 10.3. The van der Waals surface area contributed by atoms with E-state index < -0.39 is 12.1 Å². The van der Waals surface area contributed by atoms with E-state index >= 15 is 0 Å². The summed E-state index contributed by atoms with van der Waals surface area (Å²) >= 11 is 0. The van der Waals surface area contributed by atoms with Crippen LogP contribution in [0, 0.1) is 6.92 Å². The number of nitrogens with one attached hydrogen (secondary N) is 3. The summed E-state index contributed by atoms with van der Waals surface area (Å²) in [6.07, 6.45) is 1.07. The maximum absolute atomic E-state index is 11.6. The van der Waals surface area contributed by atoms with Gasteiger partial charge in [0.1, 0.15) is 11.9 Å². The van der Waals surface area contributed by atoms with Crippen LogP contribution in [0.5, 0.6) is 0 Å². The van der Waals surface area contributed by atoms with Crippen LogP contribution in [0.2, 0.25) is 0 Å². The highest BCUT2D eigenvalue weighted by Crippen LogP contribution is 2.07. The summed E-state index contributed by atoms with van der Waals surface area (Å²) in [5.74, 6) is 0.525. The van der Waals surface area contributed by atoms with Crippen LogP contribution in [0.4, 0.5) is 10.6 Å². The second-order valence-electron chi connectivity index (χ2n) is 4.24. The van der Waals surface area contributed by atoms with E-state index in [1.165, 1.54) is 7.11 Å². The standard InChI is InChI=1S/C13H20N4O3/c1-9-5-4-6-14-11(9)15-7-8-16-12(18)10(2)17-13(19)20-3/h4-6,10H,7-8H2,1-3H3,(H,14,15)(H,16,18)(H,17,19). The summed E-state index contributed by atoms with van der Waals surface area (Å²) in [6, 6.07) is 3.18. The number of methoxy groups -OCH3 is 1. The lowest BCUT2D eigenvalue weighted by Crippen LogP contribution is -2.45. The molecule has 0 saturated carbocycles. The molecule has 0 saturated heterocycles. The minimum atomic E-state index is -0.640. The maximum atomic E-state index is 11.6. The molecule has 1 heterocycles. The number of carbonyl (C=O) groups is 2. The van der Waals surface area contributed by atoms with Crippen LogP contribution < -0.4 is 16.0 Å². The summed E-state index contributed by atoms with van der Waals surface area (Å²) < 4.78 is 4.42. The number of alkyl carbamates (subject to hydrolysis) is 1. The molecule has 0 fully saturated rings. The Morgan fingerprint density at radius 2 is 2.15 bits per heavy atom. The van der Waals surface area contributed by atoms with Crippen molar-refractivity contribution >= 4 is 17.8 Å². The zero-order valence-corrected chi connectivity index (χ0v) is 11.9. The van der Waals surface area contributed by atoms with Gasteiger partial charge in [0.05, 0.1) is 7.11 Å². The molecule has 0 aliphatic carbocycles. The van der Waals surface area contributed by atoms with Crippen molar-refractivity contribution in [2.24, 2.45) is 0 Å². The normalized spacial score (nSPS) is 11.3. The number of nitrogens with zero attached hydrogens (tertiary/aromatic N) is 1. The topological polar surface area (TPSA) is 92.3 Å². The Kier molecular flexibility index (Phi) is 6.28. The molecule has 7 nitrogen and oxygen atoms in total. The fraction of sp³-hybridized carbons (Fsp3) is 0.462. The van der Waals surface area contributed by atoms with Crippen molar-refractivity contribution in [3.8, 4) is 0 Å². The van der Waals surface area contributed by atoms with E-state index in [4.69, 9.17) is 0 Å². The summed E-state index contributed by atoms with van der Waals surface area (Å²) in [5.41, 5.74) is 1.04. The van der Waals surface area contributed by atoms with Gasteiger partial charge in [-0.25, -0.2) is 9.78 Å². The molecular weight excluding hydrogens is 260 g/mol. The van der Waals surface area contributed by atoms with Crippen LogP contribution in [0.15, 0.2) is 18.3 Å². The molecule has 7 heteroatoms. The number of amides is 2. The first-order valence-electron chi connectivity index (χ1n) is 6.32. The molecular formula is C13H20N4O3. The molecule has 0 aromatic carbocycles. The van der Waals surface area contributed by atoms with Crippen molar-refractivity contribution in [2.45, 2.75) is 19.9 Å². The zero-order chi connectivity index (χ0) is 15.0. The maximum Gasteiger partial charge on any atom is 0.407 e. The summed E-state index contributed by atoms with van der Waals surface area (Å²) in [6.45, 7) is 4.52. The Morgan fingerprint density at radius 1 is 1.40 bits per heavy atom. The van der Waals surface area contributed by atoms with E-state index in [0.29, 0.717) is 13.1 Å². The van der Waals surface area contributed by atoms with Gasteiger partial charge in [-0.15, -0.1) is 0 Å². The zero-order valence-electron chi connectivity index (χ0n) is 11.9. The Balaban J connectivity index is 2.25. The third-order valence-electron chi connectivity index (χ3n) is 2.64. The smallest absolute Gasteiger partial charge is 0.407 e. The first-order chi connectivity index (χ1) is 9.54. The molecule has 0 radical (unpaired) electrons. The molecule has 0 aliphatic rings. The van der Waals surface area contributed by atoms with Gasteiger partial charge in [-0.1, -0.05) is 6.07 Å². The number of hydrogen-bond donors (Lipinski definition) is 3. The number of aryl methyl sites for hydroxylation is 1. The van der Waals surface area contributed by atoms with Crippen LogP contribution >= 0.6 is 0 Å². The number of pyridine rings is 1. The first kappa shape index (κ1) is 15.7. The van der Waals surface area contributed by atoms with Gasteiger partial charge in [0.2, 0.25) is 5.91 Å². The van der Waals surface area contributed by atoms with Gasteiger partial charge in [-0.05, 0) is 25.5 Å². The number of carbonyl (C=O) groups excluding carboxylic acids is 2. The van der Waals surface area contributed by atoms with Gasteiger partial charge in [0.15, 0.2) is 0 Å². The molecule has 1 unspecified atom stereocenters. The number of anilines is 1. The van der Waals surface area contributed by atoms with Crippen molar-refractivity contribution in [3.05, 3.63) is 23.9 Å². The van der Waals surface area contributed by atoms with Crippen LogP contribution in [0.1, 0.15) is 12.5 Å². The second-order valence-corrected chi connectivity index (χ2v) is 4.24. The Morgan fingerprint density at radius 3 is 2.80 bits per heavy atom. The lowest BCUT2D eigenvalue weighted by Gasteiger charge is -2.13. The molecule has 0 spiro atoms. The minimum absolute atomic E-state index is 0.269. The molecule has 1 rings (SSSR count). The molecule has 2 amide bonds. The molecule has 1 aromatic rings. The van der Waals surface area contributed by atoms with Crippen LogP contribution in [0.3, 0.4) is 0 Å². The van der Waals surface area contributed by atoms with E-state index in [0.717, 1.165) is 11.4 Å². The largest absolute Gasteiger partial charge is 0.453 e. The Labute approximate surface area is 118 Å². The average molecular weight is 280 g/mol. The van der Waals surface area contributed by atoms with E-state index in [2.05, 4.69) is 25.7 Å². The number of rotatable bonds is 6. The van der Waals surface area contributed by atoms with Crippen molar-refractivity contribution in [3.63, 3.8) is 0 Å². The van der Waals surface area contributed by atoms with Gasteiger partial charge in [-0.3, -0.25) is 4.79 Å². The highest BCUT2D eigenvalue weighted by Gasteiger charge is 2.14. The second kappa shape index (κ2) is 7.98. The van der Waals surface area contributed by atoms with E-state index in [9.17, 15) is 9.59 Å². The fourth-order valence-corrected chi connectivity index (χ4v) is 1.49. The molecule has 0 bridgehead atoms. The highest BCUT2D eigenvalue weighted by atomic mass is 16.5. The SMILES string of the molecule is COC(=O)NC(C)C(=O)NCCNc1ncccc1C. The molecule has 1 aromatic heterocycles. The predicted octanol–water partition coefficient (Wildman–Crippen LogP) is 0.663. The highest BCUT2D eigenvalue weighted by molar-refractivity contribution is 5.85. The van der Waals surface area contributed by atoms with Crippen LogP contribution in [-0.4, -0.2) is 43.2 Å². The fourth-order valence-electron chi connectivity index (χ4n) is 1.49. The van der Waals surface area contributed by atoms with Crippen molar-refractivity contribution in [1.82, 2.24) is 15.6 Å². The Bertz CT molecular complexity index is 465. The third kappa shape index (κ3) is 5.13. The van der Waals surface area contributed by atoms with Gasteiger partial charge in [0.25, 0.3) is 0 Å². The third-order valence-corrected chi connectivity index (χ3v) is 2.64. The monoisotopic (exact) mass is 280 g/mol. The molecule has 1 atom stereocenters. The molecule has 0 aliphatic heterocycles. The first-order valence-corrected chi connectivity index (χ1v) is 6.32. The van der Waals surface area contributed by atoms with Crippen molar-refractivity contribution in [1.29, 1.82) is 0 Å². The molecule has 20 heavy (non-hydrogen) atoms. The van der Waals surface area contributed by atoms with Gasteiger partial charge >= 0.3 is 6.09 Å². The number of aromatic nitrogens is 1. The lowest BCUT2D eigenvalue weighted by molar-refractivity contribution is -0.122. The van der Waals surface area contributed by atoms with E-state index in [1.807, 2.05) is 19.1 Å².